The number of amides is 1. The van der Waals surface area contributed by atoms with Crippen molar-refractivity contribution in [2.45, 2.75) is 57.8 Å². The fourth-order valence-electron chi connectivity index (χ4n) is 4.98. The number of fused-ring (bicyclic) bond motifs is 1. The summed E-state index contributed by atoms with van der Waals surface area (Å²) in [4.78, 5) is 19.5. The number of sulfone groups is 1. The normalized spacial score (nSPS) is 15.8. The predicted octanol–water partition coefficient (Wildman–Crippen LogP) is 5.16. The van der Waals surface area contributed by atoms with Gasteiger partial charge < -0.3 is 10.1 Å². The number of ether oxygens (including phenoxy) is 1. The molecule has 1 amide bonds. The van der Waals surface area contributed by atoms with E-state index in [0.29, 0.717) is 24.6 Å². The van der Waals surface area contributed by atoms with Crippen molar-refractivity contribution >= 4 is 15.7 Å². The molecule has 0 aliphatic carbocycles. The summed E-state index contributed by atoms with van der Waals surface area (Å²) in [5, 5.41) is 2.92. The van der Waals surface area contributed by atoms with Crippen molar-refractivity contribution in [2.24, 2.45) is 5.92 Å². The monoisotopic (exact) mass is 557 g/mol. The second kappa shape index (κ2) is 12.2. The Morgan fingerprint density at radius 2 is 1.82 bits per heavy atom. The highest BCUT2D eigenvalue weighted by atomic mass is 32.2. The number of halogens is 2. The van der Waals surface area contributed by atoms with E-state index in [0.717, 1.165) is 29.7 Å². The van der Waals surface area contributed by atoms with Gasteiger partial charge in [-0.2, -0.15) is 8.78 Å². The maximum atomic E-state index is 12.9. The average Bonchev–Trinajstić information content (AvgIpc) is 2.92. The number of hydrogen-bond acceptors (Lipinski definition) is 6. The summed E-state index contributed by atoms with van der Waals surface area (Å²) in [5.74, 6) is 0.0481. The van der Waals surface area contributed by atoms with E-state index in [4.69, 9.17) is 0 Å². The number of aromatic nitrogens is 1. The van der Waals surface area contributed by atoms with Crippen LogP contribution in [0.5, 0.6) is 5.88 Å². The molecular weight excluding hydrogens is 524 g/mol. The van der Waals surface area contributed by atoms with Crippen molar-refractivity contribution in [3.63, 3.8) is 0 Å². The zero-order valence-corrected chi connectivity index (χ0v) is 23.0. The maximum Gasteiger partial charge on any atom is 0.388 e. The van der Waals surface area contributed by atoms with Gasteiger partial charge in [0.25, 0.3) is 5.91 Å². The molecule has 39 heavy (non-hydrogen) atoms. The summed E-state index contributed by atoms with van der Waals surface area (Å²) >= 11 is 0. The fourth-order valence-corrected chi connectivity index (χ4v) is 5.86. The minimum atomic E-state index is -3.26. The van der Waals surface area contributed by atoms with Crippen LogP contribution < -0.4 is 10.1 Å². The summed E-state index contributed by atoms with van der Waals surface area (Å²) in [6, 6.07) is 15.7. The first-order valence-corrected chi connectivity index (χ1v) is 14.6. The molecule has 10 heteroatoms. The van der Waals surface area contributed by atoms with Crippen LogP contribution in [0.1, 0.15) is 59.4 Å². The molecule has 1 aliphatic rings. The molecule has 4 rings (SSSR count). The number of pyridine rings is 1. The molecule has 1 N–H and O–H groups in total. The van der Waals surface area contributed by atoms with Crippen molar-refractivity contribution in [1.29, 1.82) is 0 Å². The average molecular weight is 558 g/mol. The third-order valence-corrected chi connectivity index (χ3v) is 8.68. The predicted molar refractivity (Wildman–Crippen MR) is 144 cm³/mol. The second-order valence-electron chi connectivity index (χ2n) is 9.94. The van der Waals surface area contributed by atoms with Crippen LogP contribution in [0.2, 0.25) is 0 Å². The number of benzene rings is 2. The van der Waals surface area contributed by atoms with E-state index >= 15 is 0 Å². The molecule has 1 atom stereocenters. The molecular formula is C29H33F2N3O4S. The molecule has 3 aromatic rings. The van der Waals surface area contributed by atoms with Crippen LogP contribution in [0, 0.1) is 5.92 Å². The molecule has 208 valence electrons. The molecule has 1 aromatic heterocycles. The van der Waals surface area contributed by atoms with Gasteiger partial charge in [0.1, 0.15) is 0 Å². The largest absolute Gasteiger partial charge is 0.417 e. The minimum absolute atomic E-state index is 0.0418. The molecule has 2 heterocycles. The van der Waals surface area contributed by atoms with Crippen molar-refractivity contribution in [3.8, 4) is 5.88 Å². The smallest absolute Gasteiger partial charge is 0.388 e. The molecule has 0 fully saturated rings. The summed E-state index contributed by atoms with van der Waals surface area (Å²) in [6.45, 7) is 4.70. The van der Waals surface area contributed by atoms with Gasteiger partial charge in [-0.05, 0) is 58.9 Å². The quantitative estimate of drug-likeness (QED) is 0.370. The summed E-state index contributed by atoms with van der Waals surface area (Å²) < 4.78 is 53.2. The number of nitrogens with zero attached hydrogens (tertiary/aromatic N) is 2. The Labute approximate surface area is 228 Å². The lowest BCUT2D eigenvalue weighted by Gasteiger charge is -2.40. The lowest BCUT2D eigenvalue weighted by molar-refractivity contribution is -0.0528. The van der Waals surface area contributed by atoms with Gasteiger partial charge in [0, 0.05) is 43.5 Å². The third-order valence-electron chi connectivity index (χ3n) is 6.93. The van der Waals surface area contributed by atoms with Crippen LogP contribution in [0.25, 0.3) is 0 Å². The lowest BCUT2D eigenvalue weighted by Crippen LogP contribution is -2.38. The Hall–Kier alpha value is -3.37. The summed E-state index contributed by atoms with van der Waals surface area (Å²) in [5.41, 5.74) is 4.60. The van der Waals surface area contributed by atoms with Crippen molar-refractivity contribution in [1.82, 2.24) is 15.2 Å². The molecule has 0 spiro atoms. The topological polar surface area (TPSA) is 88.6 Å². The molecule has 2 aromatic carbocycles. The van der Waals surface area contributed by atoms with Gasteiger partial charge in [0.2, 0.25) is 5.88 Å². The Bertz CT molecular complexity index is 1400. The van der Waals surface area contributed by atoms with E-state index in [9.17, 15) is 22.0 Å². The first kappa shape index (κ1) is 28.6. The van der Waals surface area contributed by atoms with Gasteiger partial charge in [-0.25, -0.2) is 13.4 Å². The van der Waals surface area contributed by atoms with Crippen LogP contribution in [0.4, 0.5) is 8.78 Å². The van der Waals surface area contributed by atoms with Gasteiger partial charge in [0.15, 0.2) is 9.84 Å². The Balaban J connectivity index is 1.42. The van der Waals surface area contributed by atoms with Crippen LogP contribution in [-0.4, -0.2) is 43.1 Å². The lowest BCUT2D eigenvalue weighted by atomic mass is 9.85. The van der Waals surface area contributed by atoms with Crippen molar-refractivity contribution in [2.75, 3.05) is 12.3 Å². The number of rotatable bonds is 10. The zero-order valence-electron chi connectivity index (χ0n) is 22.2. The Morgan fingerprint density at radius 1 is 1.10 bits per heavy atom. The number of nitrogens with one attached hydrogen (secondary N) is 1. The molecule has 0 unspecified atom stereocenters. The number of hydrogen-bond donors (Lipinski definition) is 1. The number of alkyl halides is 2. The van der Waals surface area contributed by atoms with Gasteiger partial charge in [-0.15, -0.1) is 0 Å². The second-order valence-corrected chi connectivity index (χ2v) is 12.2. The van der Waals surface area contributed by atoms with E-state index in [2.05, 4.69) is 33.8 Å². The summed E-state index contributed by atoms with van der Waals surface area (Å²) in [7, 11) is -3.26. The van der Waals surface area contributed by atoms with E-state index in [1.54, 1.807) is 43.5 Å². The number of carbonyl (C=O) groups excluding carboxylic acids is 1. The summed E-state index contributed by atoms with van der Waals surface area (Å²) in [6.07, 6.45) is 2.33. The molecule has 0 radical (unpaired) electrons. The Morgan fingerprint density at radius 3 is 2.44 bits per heavy atom. The highest BCUT2D eigenvalue weighted by molar-refractivity contribution is 7.91. The van der Waals surface area contributed by atoms with Crippen LogP contribution in [0.15, 0.2) is 65.7 Å². The van der Waals surface area contributed by atoms with Crippen LogP contribution >= 0.6 is 0 Å². The van der Waals surface area contributed by atoms with E-state index < -0.39 is 16.4 Å². The highest BCUT2D eigenvalue weighted by Crippen LogP contribution is 2.36. The first-order valence-electron chi connectivity index (χ1n) is 12.9. The third kappa shape index (κ3) is 6.99. The Kier molecular flexibility index (Phi) is 8.97. The van der Waals surface area contributed by atoms with Gasteiger partial charge in [-0.3, -0.25) is 9.69 Å². The maximum absolute atomic E-state index is 12.9. The van der Waals surface area contributed by atoms with E-state index in [1.165, 1.54) is 11.6 Å². The fraction of sp³-hybridized carbons (Fsp3) is 0.379. The standard InChI is InChI=1S/C29H33F2N3O4S/c1-4-39(36,37)24-9-5-20(6-10-24)16-33-28(35)23-8-11-25-22(15-23)13-14-34(27(25)19(2)3)18-21-7-12-26(32-17-21)38-29(30)31/h5-12,15,17,19,27,29H,4,13-14,16,18H2,1-3H3,(H,33,35)/t27-/m0/s1. The molecule has 0 saturated heterocycles. The molecule has 0 bridgehead atoms. The van der Waals surface area contributed by atoms with Crippen LogP contribution in [0.3, 0.4) is 0 Å². The first-order chi connectivity index (χ1) is 18.6. The SMILES string of the molecule is CCS(=O)(=O)c1ccc(CNC(=O)c2ccc3c(c2)CCN(Cc2ccc(OC(F)F)nc2)[C@H]3C(C)C)cc1. The van der Waals surface area contributed by atoms with E-state index in [-0.39, 0.29) is 28.5 Å². The van der Waals surface area contributed by atoms with Crippen molar-refractivity contribution < 1.29 is 26.7 Å². The molecule has 1 aliphatic heterocycles. The van der Waals surface area contributed by atoms with E-state index in [1.807, 2.05) is 18.2 Å². The molecule has 7 nitrogen and oxygen atoms in total. The van der Waals surface area contributed by atoms with Gasteiger partial charge in [-0.1, -0.05) is 45.0 Å². The molecule has 0 saturated carbocycles. The highest BCUT2D eigenvalue weighted by Gasteiger charge is 2.30. The number of carbonyl (C=O) groups is 1. The van der Waals surface area contributed by atoms with Crippen LogP contribution in [-0.2, 0) is 29.3 Å². The van der Waals surface area contributed by atoms with Gasteiger partial charge in [0.05, 0.1) is 10.6 Å². The minimum Gasteiger partial charge on any atom is -0.417 e. The van der Waals surface area contributed by atoms with Crippen molar-refractivity contribution in [3.05, 3.63) is 88.6 Å². The van der Waals surface area contributed by atoms with Gasteiger partial charge >= 0.3 is 6.61 Å². The zero-order chi connectivity index (χ0) is 28.2.